The third-order valence-corrected chi connectivity index (χ3v) is 6.28. The number of pyridine rings is 1. The van der Waals surface area contributed by atoms with Gasteiger partial charge in [-0.1, -0.05) is 42.5 Å². The number of fused-ring (bicyclic) bond motifs is 2. The number of aromatic nitrogens is 1. The minimum Gasteiger partial charge on any atom is -0.351 e. The first-order valence-electron chi connectivity index (χ1n) is 10.1. The molecule has 0 aliphatic carbocycles. The highest BCUT2D eigenvalue weighted by Gasteiger charge is 2.43. The molecule has 1 fully saturated rings. The Balaban J connectivity index is 1.39. The molecule has 28 heavy (non-hydrogen) atoms. The van der Waals surface area contributed by atoms with Crippen LogP contribution >= 0.6 is 0 Å². The number of hydrogen-bond acceptors (Lipinski definition) is 3. The van der Waals surface area contributed by atoms with E-state index in [1.807, 2.05) is 18.3 Å². The number of hydrogen-bond donors (Lipinski definition) is 1. The van der Waals surface area contributed by atoms with E-state index < -0.39 is 0 Å². The monoisotopic (exact) mass is 371 g/mol. The SMILES string of the molecule is O=C1NCc2ccccc2CC12CCCN(Cc1cnc3ccccc3c1)C2. The quantitative estimate of drug-likeness (QED) is 0.747. The normalized spacial score (nSPS) is 22.6. The van der Waals surface area contributed by atoms with Crippen LogP contribution in [0.25, 0.3) is 10.9 Å². The summed E-state index contributed by atoms with van der Waals surface area (Å²) >= 11 is 0. The first-order valence-corrected chi connectivity index (χ1v) is 10.1. The summed E-state index contributed by atoms with van der Waals surface area (Å²) in [6.45, 7) is 3.32. The molecule has 2 aliphatic rings. The number of nitrogens with zero attached hydrogens (tertiary/aromatic N) is 2. The third kappa shape index (κ3) is 3.18. The van der Waals surface area contributed by atoms with Gasteiger partial charge in [0.2, 0.25) is 5.91 Å². The van der Waals surface area contributed by atoms with Gasteiger partial charge in [-0.15, -0.1) is 0 Å². The van der Waals surface area contributed by atoms with Crippen LogP contribution in [0.5, 0.6) is 0 Å². The molecule has 1 unspecified atom stereocenters. The first-order chi connectivity index (χ1) is 13.7. The van der Waals surface area contributed by atoms with Crippen molar-refractivity contribution in [3.63, 3.8) is 0 Å². The summed E-state index contributed by atoms with van der Waals surface area (Å²) in [5.41, 5.74) is 4.49. The summed E-state index contributed by atoms with van der Waals surface area (Å²) in [6.07, 6.45) is 4.82. The number of benzene rings is 2. The lowest BCUT2D eigenvalue weighted by molar-refractivity contribution is -0.134. The Bertz CT molecular complexity index is 1030. The molecule has 1 amide bonds. The largest absolute Gasteiger partial charge is 0.351 e. The highest BCUT2D eigenvalue weighted by molar-refractivity contribution is 5.84. The van der Waals surface area contributed by atoms with Gasteiger partial charge in [0.15, 0.2) is 0 Å². The fourth-order valence-electron chi connectivity index (χ4n) is 4.86. The number of likely N-dealkylation sites (tertiary alicyclic amines) is 1. The number of amides is 1. The first kappa shape index (κ1) is 17.4. The summed E-state index contributed by atoms with van der Waals surface area (Å²) in [4.78, 5) is 20.1. The van der Waals surface area contributed by atoms with Gasteiger partial charge < -0.3 is 5.32 Å². The van der Waals surface area contributed by atoms with Gasteiger partial charge in [0.05, 0.1) is 10.9 Å². The lowest BCUT2D eigenvalue weighted by atomic mass is 9.74. The number of rotatable bonds is 2. The van der Waals surface area contributed by atoms with E-state index >= 15 is 0 Å². The molecule has 2 aliphatic heterocycles. The topological polar surface area (TPSA) is 45.2 Å². The smallest absolute Gasteiger partial charge is 0.228 e. The van der Waals surface area contributed by atoms with Crippen molar-refractivity contribution in [1.82, 2.24) is 15.2 Å². The Morgan fingerprint density at radius 2 is 1.89 bits per heavy atom. The van der Waals surface area contributed by atoms with E-state index in [1.165, 1.54) is 22.1 Å². The summed E-state index contributed by atoms with van der Waals surface area (Å²) in [6, 6.07) is 18.9. The molecule has 3 aromatic rings. The standard InChI is InChI=1S/C24H25N3O/c28-23-24(13-20-7-1-2-8-21(20)15-26-23)10-5-11-27(17-24)16-18-12-19-6-3-4-9-22(19)25-14-18/h1-4,6-9,12,14H,5,10-11,13,15-17H2,(H,26,28). The molecule has 5 rings (SSSR count). The van der Waals surface area contributed by atoms with Crippen molar-refractivity contribution in [2.24, 2.45) is 5.41 Å². The number of nitrogens with one attached hydrogen (secondary N) is 1. The van der Waals surface area contributed by atoms with E-state index in [1.54, 1.807) is 0 Å². The minimum absolute atomic E-state index is 0.213. The van der Waals surface area contributed by atoms with E-state index in [4.69, 9.17) is 0 Å². The van der Waals surface area contributed by atoms with Crippen molar-refractivity contribution < 1.29 is 4.79 Å². The molecule has 142 valence electrons. The van der Waals surface area contributed by atoms with Crippen molar-refractivity contribution in [1.29, 1.82) is 0 Å². The molecule has 4 nitrogen and oxygen atoms in total. The minimum atomic E-state index is -0.324. The lowest BCUT2D eigenvalue weighted by Crippen LogP contribution is -2.51. The Morgan fingerprint density at radius 3 is 2.82 bits per heavy atom. The molecule has 4 heteroatoms. The van der Waals surface area contributed by atoms with Gasteiger partial charge in [-0.3, -0.25) is 14.7 Å². The van der Waals surface area contributed by atoms with Crippen LogP contribution in [0.1, 0.15) is 29.5 Å². The maximum Gasteiger partial charge on any atom is 0.228 e. The van der Waals surface area contributed by atoms with Crippen LogP contribution in [-0.2, 0) is 24.3 Å². The van der Waals surface area contributed by atoms with Gasteiger partial charge in [0.25, 0.3) is 0 Å². The number of carbonyl (C=O) groups excluding carboxylic acids is 1. The van der Waals surface area contributed by atoms with Gasteiger partial charge in [-0.25, -0.2) is 0 Å². The predicted molar refractivity (Wildman–Crippen MR) is 111 cm³/mol. The van der Waals surface area contributed by atoms with E-state index in [0.29, 0.717) is 6.54 Å². The second kappa shape index (κ2) is 7.02. The van der Waals surface area contributed by atoms with Crippen LogP contribution in [0.15, 0.2) is 60.8 Å². The van der Waals surface area contributed by atoms with Gasteiger partial charge >= 0.3 is 0 Å². The highest BCUT2D eigenvalue weighted by atomic mass is 16.2. The summed E-state index contributed by atoms with van der Waals surface area (Å²) in [7, 11) is 0. The molecule has 0 radical (unpaired) electrons. The summed E-state index contributed by atoms with van der Waals surface area (Å²) < 4.78 is 0. The van der Waals surface area contributed by atoms with Crippen LogP contribution in [-0.4, -0.2) is 28.9 Å². The zero-order valence-electron chi connectivity index (χ0n) is 16.0. The van der Waals surface area contributed by atoms with Gasteiger partial charge in [-0.05, 0) is 54.6 Å². The fraction of sp³-hybridized carbons (Fsp3) is 0.333. The van der Waals surface area contributed by atoms with Crippen LogP contribution in [0, 0.1) is 5.41 Å². The third-order valence-electron chi connectivity index (χ3n) is 6.28. The van der Waals surface area contributed by atoms with Crippen LogP contribution in [0.3, 0.4) is 0 Å². The Morgan fingerprint density at radius 1 is 1.07 bits per heavy atom. The molecule has 1 spiro atoms. The zero-order chi connectivity index (χ0) is 19.0. The molecule has 0 bridgehead atoms. The van der Waals surface area contributed by atoms with Crippen molar-refractivity contribution in [3.05, 3.63) is 77.5 Å². The molecule has 3 heterocycles. The van der Waals surface area contributed by atoms with Crippen molar-refractivity contribution in [3.8, 4) is 0 Å². The average Bonchev–Trinajstić information content (AvgIpc) is 2.85. The molecule has 0 saturated carbocycles. The molecular weight excluding hydrogens is 346 g/mol. The van der Waals surface area contributed by atoms with E-state index in [9.17, 15) is 4.79 Å². The van der Waals surface area contributed by atoms with Crippen molar-refractivity contribution in [2.45, 2.75) is 32.4 Å². The van der Waals surface area contributed by atoms with Crippen molar-refractivity contribution in [2.75, 3.05) is 13.1 Å². The number of carbonyl (C=O) groups is 1. The summed E-state index contributed by atoms with van der Waals surface area (Å²) in [5.74, 6) is 0.213. The second-order valence-corrected chi connectivity index (χ2v) is 8.26. The summed E-state index contributed by atoms with van der Waals surface area (Å²) in [5, 5.41) is 4.37. The molecule has 1 N–H and O–H groups in total. The maximum atomic E-state index is 13.1. The number of piperidine rings is 1. The Labute approximate surface area is 165 Å². The maximum absolute atomic E-state index is 13.1. The lowest BCUT2D eigenvalue weighted by Gasteiger charge is -2.41. The molecular formula is C24H25N3O. The number of para-hydroxylation sites is 1. The molecule has 1 atom stereocenters. The Hall–Kier alpha value is -2.72. The second-order valence-electron chi connectivity index (χ2n) is 8.26. The van der Waals surface area contributed by atoms with E-state index in [-0.39, 0.29) is 11.3 Å². The van der Waals surface area contributed by atoms with Gasteiger partial charge in [0, 0.05) is 31.2 Å². The average molecular weight is 371 g/mol. The van der Waals surface area contributed by atoms with E-state index in [0.717, 1.165) is 44.4 Å². The predicted octanol–water partition coefficient (Wildman–Crippen LogP) is 3.69. The molecule has 2 aromatic carbocycles. The zero-order valence-corrected chi connectivity index (χ0v) is 16.0. The van der Waals surface area contributed by atoms with Crippen LogP contribution in [0.4, 0.5) is 0 Å². The van der Waals surface area contributed by atoms with Crippen molar-refractivity contribution >= 4 is 16.8 Å². The molecule has 1 saturated heterocycles. The highest BCUT2D eigenvalue weighted by Crippen LogP contribution is 2.37. The van der Waals surface area contributed by atoms with Crippen LogP contribution < -0.4 is 5.32 Å². The van der Waals surface area contributed by atoms with Gasteiger partial charge in [0.1, 0.15) is 0 Å². The Kier molecular flexibility index (Phi) is 4.36. The molecule has 1 aromatic heterocycles. The van der Waals surface area contributed by atoms with Crippen LogP contribution in [0.2, 0.25) is 0 Å². The fourth-order valence-corrected chi connectivity index (χ4v) is 4.86. The van der Waals surface area contributed by atoms with Gasteiger partial charge in [-0.2, -0.15) is 0 Å². The van der Waals surface area contributed by atoms with E-state index in [2.05, 4.69) is 57.7 Å².